The van der Waals surface area contributed by atoms with E-state index in [0.29, 0.717) is 23.2 Å². The van der Waals surface area contributed by atoms with E-state index in [1.54, 1.807) is 6.07 Å². The molecule has 1 N–H and O–H groups in total. The number of hydrogen-bond acceptors (Lipinski definition) is 4. The maximum Gasteiger partial charge on any atom is 0.257 e. The van der Waals surface area contributed by atoms with Crippen LogP contribution in [0, 0.1) is 0 Å². The van der Waals surface area contributed by atoms with Crippen molar-refractivity contribution in [3.8, 4) is 5.75 Å². The smallest absolute Gasteiger partial charge is 0.257 e. The first-order chi connectivity index (χ1) is 12.1. The first kappa shape index (κ1) is 17.2. The summed E-state index contributed by atoms with van der Waals surface area (Å²) in [6, 6.07) is 17.0. The van der Waals surface area contributed by atoms with Crippen molar-refractivity contribution in [2.45, 2.75) is 26.4 Å². The Kier molecular flexibility index (Phi) is 5.46. The van der Waals surface area contributed by atoms with Crippen molar-refractivity contribution in [2.75, 3.05) is 5.32 Å². The summed E-state index contributed by atoms with van der Waals surface area (Å²) in [6.45, 7) is 4.50. The molecule has 0 aliphatic heterocycles. The number of nitrogens with one attached hydrogen (secondary N) is 1. The summed E-state index contributed by atoms with van der Waals surface area (Å²) in [6.07, 6.45) is 0. The summed E-state index contributed by atoms with van der Waals surface area (Å²) in [5.74, 6) is 0.949. The van der Waals surface area contributed by atoms with Crippen LogP contribution in [0.2, 0.25) is 0 Å². The summed E-state index contributed by atoms with van der Waals surface area (Å²) in [7, 11) is 0. The fourth-order valence-electron chi connectivity index (χ4n) is 2.32. The summed E-state index contributed by atoms with van der Waals surface area (Å²) < 4.78 is 5.78. The molecule has 0 unspecified atom stereocenters. The minimum atomic E-state index is -0.170. The van der Waals surface area contributed by atoms with E-state index in [-0.39, 0.29) is 5.91 Å². The van der Waals surface area contributed by atoms with Gasteiger partial charge in [-0.1, -0.05) is 50.2 Å². The molecule has 0 saturated heterocycles. The van der Waals surface area contributed by atoms with E-state index in [9.17, 15) is 4.79 Å². The molecule has 128 valence electrons. The van der Waals surface area contributed by atoms with Gasteiger partial charge in [-0.3, -0.25) is 10.1 Å². The van der Waals surface area contributed by atoms with E-state index >= 15 is 0 Å². The van der Waals surface area contributed by atoms with Crippen LogP contribution in [0.25, 0.3) is 0 Å². The summed E-state index contributed by atoms with van der Waals surface area (Å²) >= 11 is 1.44. The van der Waals surface area contributed by atoms with Crippen LogP contribution >= 0.6 is 11.3 Å². The van der Waals surface area contributed by atoms with E-state index in [4.69, 9.17) is 4.74 Å². The van der Waals surface area contributed by atoms with Gasteiger partial charge in [0.2, 0.25) is 0 Å². The van der Waals surface area contributed by atoms with Crippen molar-refractivity contribution in [1.29, 1.82) is 0 Å². The van der Waals surface area contributed by atoms with Gasteiger partial charge in [-0.15, -0.1) is 11.3 Å². The van der Waals surface area contributed by atoms with E-state index in [2.05, 4.69) is 24.1 Å². The molecule has 0 fully saturated rings. The van der Waals surface area contributed by atoms with Crippen molar-refractivity contribution in [3.63, 3.8) is 0 Å². The Hall–Kier alpha value is -2.66. The Morgan fingerprint density at radius 3 is 2.56 bits per heavy atom. The van der Waals surface area contributed by atoms with Crippen LogP contribution in [-0.2, 0) is 6.61 Å². The molecule has 1 amide bonds. The van der Waals surface area contributed by atoms with E-state index in [1.807, 2.05) is 53.9 Å². The topological polar surface area (TPSA) is 51.2 Å². The molecule has 0 aliphatic rings. The van der Waals surface area contributed by atoms with E-state index in [0.717, 1.165) is 17.0 Å². The molecular formula is C20H20N2O2S. The summed E-state index contributed by atoms with van der Waals surface area (Å²) in [5, 5.41) is 5.48. The highest BCUT2D eigenvalue weighted by Crippen LogP contribution is 2.22. The highest BCUT2D eigenvalue weighted by molar-refractivity contribution is 7.14. The molecular weight excluding hydrogens is 332 g/mol. The number of carbonyl (C=O) groups is 1. The maximum atomic E-state index is 12.6. The van der Waals surface area contributed by atoms with Crippen molar-refractivity contribution in [2.24, 2.45) is 0 Å². The van der Waals surface area contributed by atoms with Gasteiger partial charge in [-0.05, 0) is 24.1 Å². The molecule has 0 spiro atoms. The first-order valence-electron chi connectivity index (χ1n) is 8.16. The zero-order chi connectivity index (χ0) is 17.6. The molecule has 0 bridgehead atoms. The monoisotopic (exact) mass is 352 g/mol. The van der Waals surface area contributed by atoms with Crippen molar-refractivity contribution >= 4 is 22.4 Å². The number of benzene rings is 2. The quantitative estimate of drug-likeness (QED) is 0.671. The van der Waals surface area contributed by atoms with Crippen LogP contribution < -0.4 is 10.1 Å². The number of amides is 1. The number of para-hydroxylation sites is 1. The molecule has 0 saturated carbocycles. The van der Waals surface area contributed by atoms with Crippen LogP contribution in [0.5, 0.6) is 5.75 Å². The number of ether oxygens (including phenoxy) is 1. The van der Waals surface area contributed by atoms with Gasteiger partial charge < -0.3 is 4.74 Å². The van der Waals surface area contributed by atoms with Gasteiger partial charge >= 0.3 is 0 Å². The number of hydrogen-bond donors (Lipinski definition) is 1. The molecule has 1 heterocycles. The summed E-state index contributed by atoms with van der Waals surface area (Å²) in [5.41, 5.74) is 2.42. The SMILES string of the molecule is CC(C)c1csc(NC(=O)c2ccccc2COc2ccccc2)n1. The van der Waals surface area contributed by atoms with Gasteiger partial charge in [0.25, 0.3) is 5.91 Å². The van der Waals surface area contributed by atoms with Gasteiger partial charge in [0.15, 0.2) is 5.13 Å². The molecule has 1 aromatic heterocycles. The van der Waals surface area contributed by atoms with Gasteiger partial charge in [-0.2, -0.15) is 0 Å². The van der Waals surface area contributed by atoms with Crippen LogP contribution in [0.3, 0.4) is 0 Å². The fraction of sp³-hybridized carbons (Fsp3) is 0.200. The second kappa shape index (κ2) is 7.94. The lowest BCUT2D eigenvalue weighted by molar-refractivity contribution is 0.102. The predicted molar refractivity (Wildman–Crippen MR) is 101 cm³/mol. The number of anilines is 1. The van der Waals surface area contributed by atoms with E-state index < -0.39 is 0 Å². The van der Waals surface area contributed by atoms with E-state index in [1.165, 1.54) is 11.3 Å². The molecule has 25 heavy (non-hydrogen) atoms. The lowest BCUT2D eigenvalue weighted by atomic mass is 10.1. The second-order valence-corrected chi connectivity index (χ2v) is 6.80. The highest BCUT2D eigenvalue weighted by Gasteiger charge is 2.14. The van der Waals surface area contributed by atoms with Crippen LogP contribution in [-0.4, -0.2) is 10.9 Å². The maximum absolute atomic E-state index is 12.6. The van der Waals surface area contributed by atoms with Gasteiger partial charge in [0.1, 0.15) is 12.4 Å². The lowest BCUT2D eigenvalue weighted by Crippen LogP contribution is -2.15. The van der Waals surface area contributed by atoms with Crippen molar-refractivity contribution in [3.05, 3.63) is 76.8 Å². The molecule has 2 aromatic carbocycles. The second-order valence-electron chi connectivity index (χ2n) is 5.95. The third-order valence-electron chi connectivity index (χ3n) is 3.73. The first-order valence-corrected chi connectivity index (χ1v) is 9.04. The Morgan fingerprint density at radius 2 is 1.84 bits per heavy atom. The highest BCUT2D eigenvalue weighted by atomic mass is 32.1. The van der Waals surface area contributed by atoms with Gasteiger partial charge in [0.05, 0.1) is 5.69 Å². The third kappa shape index (κ3) is 4.45. The normalized spacial score (nSPS) is 10.7. The average Bonchev–Trinajstić information content (AvgIpc) is 3.10. The molecule has 5 heteroatoms. The zero-order valence-corrected chi connectivity index (χ0v) is 15.0. The van der Waals surface area contributed by atoms with Gasteiger partial charge in [0, 0.05) is 16.5 Å². The minimum Gasteiger partial charge on any atom is -0.489 e. The standard InChI is InChI=1S/C20H20N2O2S/c1-14(2)18-13-25-20(21-18)22-19(23)17-11-7-6-8-15(17)12-24-16-9-4-3-5-10-16/h3-11,13-14H,12H2,1-2H3,(H,21,22,23). The van der Waals surface area contributed by atoms with Gasteiger partial charge in [-0.25, -0.2) is 4.98 Å². The molecule has 0 atom stereocenters. The number of rotatable bonds is 6. The average molecular weight is 352 g/mol. The largest absolute Gasteiger partial charge is 0.489 e. The Bertz CT molecular complexity index is 844. The number of carbonyl (C=O) groups excluding carboxylic acids is 1. The molecule has 4 nitrogen and oxygen atoms in total. The molecule has 0 radical (unpaired) electrons. The Labute approximate surface area is 151 Å². The number of thiazole rings is 1. The third-order valence-corrected chi connectivity index (χ3v) is 4.51. The predicted octanol–water partition coefficient (Wildman–Crippen LogP) is 5.10. The Morgan fingerprint density at radius 1 is 1.12 bits per heavy atom. The fourth-order valence-corrected chi connectivity index (χ4v) is 3.19. The Balaban J connectivity index is 1.71. The number of aromatic nitrogens is 1. The molecule has 0 aliphatic carbocycles. The minimum absolute atomic E-state index is 0.170. The van der Waals surface area contributed by atoms with Crippen LogP contribution in [0.1, 0.15) is 41.4 Å². The van der Waals surface area contributed by atoms with Crippen LogP contribution in [0.15, 0.2) is 60.0 Å². The molecule has 3 aromatic rings. The number of nitrogens with zero attached hydrogens (tertiary/aromatic N) is 1. The summed E-state index contributed by atoms with van der Waals surface area (Å²) in [4.78, 5) is 17.1. The lowest BCUT2D eigenvalue weighted by Gasteiger charge is -2.10. The van der Waals surface area contributed by atoms with Crippen molar-refractivity contribution in [1.82, 2.24) is 4.98 Å². The van der Waals surface area contributed by atoms with Crippen LogP contribution in [0.4, 0.5) is 5.13 Å². The van der Waals surface area contributed by atoms with Crippen molar-refractivity contribution < 1.29 is 9.53 Å². The molecule has 3 rings (SSSR count). The zero-order valence-electron chi connectivity index (χ0n) is 14.2.